The molecule has 0 fully saturated rings. The minimum absolute atomic E-state index is 0.499. The molecule has 0 atom stereocenters. The standard InChI is InChI=1S/C53H33N/c1-2-16-34(17-3-1)35-18-9-13-30-48(35)54(49-33-32-42-37-20-5-4-19-36(37)41-24-14-26-44(49)51(41)42)50-31-15-25-43-40-23-8-12-29-47(40)53(52(43)50)45-27-10-6-21-38(45)39-22-7-11-28-46(39)53/h1-33H. The van der Waals surface area contributed by atoms with Crippen molar-refractivity contribution in [1.29, 1.82) is 0 Å². The van der Waals surface area contributed by atoms with Crippen LogP contribution in [0.5, 0.6) is 0 Å². The molecule has 9 aromatic carbocycles. The molecule has 1 nitrogen and oxygen atoms in total. The Morgan fingerprint density at radius 1 is 0.278 bits per heavy atom. The van der Waals surface area contributed by atoms with E-state index >= 15 is 0 Å². The Hall–Kier alpha value is -6.96. The molecule has 9 aromatic rings. The lowest BCUT2D eigenvalue weighted by atomic mass is 9.70. The third kappa shape index (κ3) is 3.73. The highest BCUT2D eigenvalue weighted by atomic mass is 15.2. The van der Waals surface area contributed by atoms with Crippen molar-refractivity contribution in [2.24, 2.45) is 0 Å². The van der Waals surface area contributed by atoms with Gasteiger partial charge in [-0.15, -0.1) is 0 Å². The van der Waals surface area contributed by atoms with Crippen molar-refractivity contribution >= 4 is 27.8 Å². The Kier molecular flexibility index (Phi) is 6.04. The van der Waals surface area contributed by atoms with E-state index < -0.39 is 5.41 Å². The molecule has 0 saturated carbocycles. The molecule has 0 N–H and O–H groups in total. The van der Waals surface area contributed by atoms with Gasteiger partial charge >= 0.3 is 0 Å². The Labute approximate surface area is 315 Å². The van der Waals surface area contributed by atoms with E-state index in [1.165, 1.54) is 100 Å². The number of benzene rings is 9. The molecule has 3 aliphatic rings. The van der Waals surface area contributed by atoms with Crippen LogP contribution >= 0.6 is 0 Å². The molecule has 250 valence electrons. The van der Waals surface area contributed by atoms with E-state index in [0.29, 0.717) is 0 Å². The summed E-state index contributed by atoms with van der Waals surface area (Å²) in [7, 11) is 0. The highest BCUT2D eigenvalue weighted by Crippen LogP contribution is 2.66. The van der Waals surface area contributed by atoms with E-state index in [2.05, 4.69) is 205 Å². The summed E-state index contributed by atoms with van der Waals surface area (Å²) in [6.07, 6.45) is 0. The summed E-state index contributed by atoms with van der Waals surface area (Å²) >= 11 is 0. The largest absolute Gasteiger partial charge is 0.309 e. The zero-order chi connectivity index (χ0) is 35.4. The highest BCUT2D eigenvalue weighted by Gasteiger charge is 2.53. The molecule has 0 radical (unpaired) electrons. The fourth-order valence-electron chi connectivity index (χ4n) is 10.2. The molecule has 1 heteroatoms. The maximum absolute atomic E-state index is 2.59. The van der Waals surface area contributed by atoms with Crippen molar-refractivity contribution in [3.8, 4) is 55.6 Å². The fourth-order valence-corrected chi connectivity index (χ4v) is 10.2. The van der Waals surface area contributed by atoms with Crippen molar-refractivity contribution < 1.29 is 0 Å². The maximum atomic E-state index is 2.59. The summed E-state index contributed by atoms with van der Waals surface area (Å²) in [6, 6.07) is 74.6. The second-order valence-corrected chi connectivity index (χ2v) is 14.7. The molecule has 12 rings (SSSR count). The van der Waals surface area contributed by atoms with Gasteiger partial charge in [0.1, 0.15) is 0 Å². The topological polar surface area (TPSA) is 3.24 Å². The maximum Gasteiger partial charge on any atom is 0.0746 e. The summed E-state index contributed by atoms with van der Waals surface area (Å²) in [5, 5.41) is 2.57. The van der Waals surface area contributed by atoms with Crippen molar-refractivity contribution in [1.82, 2.24) is 0 Å². The second-order valence-electron chi connectivity index (χ2n) is 14.7. The van der Waals surface area contributed by atoms with Gasteiger partial charge in [-0.1, -0.05) is 182 Å². The van der Waals surface area contributed by atoms with Crippen LogP contribution in [0.1, 0.15) is 22.3 Å². The van der Waals surface area contributed by atoms with Gasteiger partial charge in [-0.05, 0) is 90.3 Å². The first-order chi connectivity index (χ1) is 26.8. The van der Waals surface area contributed by atoms with Crippen molar-refractivity contribution in [3.63, 3.8) is 0 Å². The van der Waals surface area contributed by atoms with Crippen LogP contribution in [0.4, 0.5) is 17.1 Å². The minimum Gasteiger partial charge on any atom is -0.309 e. The zero-order valence-corrected chi connectivity index (χ0v) is 29.5. The van der Waals surface area contributed by atoms with Gasteiger partial charge in [-0.2, -0.15) is 0 Å². The van der Waals surface area contributed by atoms with Gasteiger partial charge in [0.05, 0.1) is 22.5 Å². The van der Waals surface area contributed by atoms with Gasteiger partial charge in [-0.3, -0.25) is 0 Å². The number of rotatable bonds is 4. The molecule has 3 aliphatic carbocycles. The quantitative estimate of drug-likeness (QED) is 0.178. The molecule has 54 heavy (non-hydrogen) atoms. The fraction of sp³-hybridized carbons (Fsp3) is 0.0189. The van der Waals surface area contributed by atoms with Crippen LogP contribution in [0, 0.1) is 0 Å². The number of hydrogen-bond acceptors (Lipinski definition) is 1. The van der Waals surface area contributed by atoms with Gasteiger partial charge < -0.3 is 4.90 Å². The Morgan fingerprint density at radius 3 is 1.41 bits per heavy atom. The third-order valence-electron chi connectivity index (χ3n) is 12.2. The molecule has 0 unspecified atom stereocenters. The third-order valence-corrected chi connectivity index (χ3v) is 12.2. The molecular weight excluding hydrogens is 651 g/mol. The summed E-state index contributed by atoms with van der Waals surface area (Å²) in [5.74, 6) is 0. The molecule has 0 aliphatic heterocycles. The van der Waals surface area contributed by atoms with E-state index in [4.69, 9.17) is 0 Å². The summed E-state index contributed by atoms with van der Waals surface area (Å²) in [6.45, 7) is 0. The van der Waals surface area contributed by atoms with Gasteiger partial charge in [0.25, 0.3) is 0 Å². The first-order valence-electron chi connectivity index (χ1n) is 18.9. The molecule has 0 amide bonds. The lowest BCUT2D eigenvalue weighted by Crippen LogP contribution is -2.28. The van der Waals surface area contributed by atoms with Gasteiger partial charge in [-0.25, -0.2) is 0 Å². The average molecular weight is 684 g/mol. The molecule has 1 spiro atoms. The Balaban J connectivity index is 1.24. The summed E-state index contributed by atoms with van der Waals surface area (Å²) in [5.41, 5.74) is 21.2. The van der Waals surface area contributed by atoms with Crippen LogP contribution in [0.25, 0.3) is 66.4 Å². The minimum atomic E-state index is -0.499. The molecular formula is C53H33N. The predicted molar refractivity (Wildman–Crippen MR) is 225 cm³/mol. The number of para-hydroxylation sites is 1. The Morgan fingerprint density at radius 2 is 0.741 bits per heavy atom. The van der Waals surface area contributed by atoms with Crippen LogP contribution in [-0.2, 0) is 5.41 Å². The first kappa shape index (κ1) is 29.6. The van der Waals surface area contributed by atoms with E-state index in [1.807, 2.05) is 0 Å². The van der Waals surface area contributed by atoms with Gasteiger partial charge in [0, 0.05) is 16.5 Å². The summed E-state index contributed by atoms with van der Waals surface area (Å²) < 4.78 is 0. The van der Waals surface area contributed by atoms with E-state index in [1.54, 1.807) is 0 Å². The highest BCUT2D eigenvalue weighted by molar-refractivity contribution is 6.19. The first-order valence-corrected chi connectivity index (χ1v) is 18.9. The lowest BCUT2D eigenvalue weighted by molar-refractivity contribution is 0.793. The number of nitrogens with zero attached hydrogens (tertiary/aromatic N) is 1. The predicted octanol–water partition coefficient (Wildman–Crippen LogP) is 14.0. The number of fused-ring (bicyclic) bond motifs is 13. The monoisotopic (exact) mass is 683 g/mol. The number of hydrogen-bond donors (Lipinski definition) is 0. The van der Waals surface area contributed by atoms with Crippen LogP contribution in [-0.4, -0.2) is 0 Å². The SMILES string of the molecule is c1ccc(-c2ccccc2N(c2cccc3c2C2(c4ccccc4-c4ccccc42)c2ccccc2-3)c2ccc3c4c(cccc24)-c2ccccc2-3)cc1. The van der Waals surface area contributed by atoms with Crippen LogP contribution in [0.3, 0.4) is 0 Å². The van der Waals surface area contributed by atoms with E-state index in [-0.39, 0.29) is 0 Å². The lowest BCUT2D eigenvalue weighted by Gasteiger charge is -2.37. The summed E-state index contributed by atoms with van der Waals surface area (Å²) in [4.78, 5) is 2.59. The average Bonchev–Trinajstić information content (AvgIpc) is 3.85. The normalized spacial score (nSPS) is 13.3. The van der Waals surface area contributed by atoms with Crippen molar-refractivity contribution in [3.05, 3.63) is 222 Å². The molecule has 0 heterocycles. The van der Waals surface area contributed by atoms with E-state index in [9.17, 15) is 0 Å². The molecule has 0 bridgehead atoms. The number of anilines is 3. The van der Waals surface area contributed by atoms with Crippen molar-refractivity contribution in [2.75, 3.05) is 4.90 Å². The molecule has 0 saturated heterocycles. The van der Waals surface area contributed by atoms with E-state index in [0.717, 1.165) is 5.69 Å². The van der Waals surface area contributed by atoms with Crippen LogP contribution in [0.15, 0.2) is 200 Å². The zero-order valence-electron chi connectivity index (χ0n) is 29.5. The van der Waals surface area contributed by atoms with Gasteiger partial charge in [0.15, 0.2) is 0 Å². The Bertz CT molecular complexity index is 2910. The second kappa shape index (κ2) is 11.0. The smallest absolute Gasteiger partial charge is 0.0746 e. The van der Waals surface area contributed by atoms with Gasteiger partial charge in [0.2, 0.25) is 0 Å². The van der Waals surface area contributed by atoms with Crippen LogP contribution < -0.4 is 4.90 Å². The van der Waals surface area contributed by atoms with Crippen molar-refractivity contribution in [2.45, 2.75) is 5.41 Å². The molecule has 0 aromatic heterocycles. The van der Waals surface area contributed by atoms with Crippen LogP contribution in [0.2, 0.25) is 0 Å².